The normalized spacial score (nSPS) is 11.1. The van der Waals surface area contributed by atoms with Gasteiger partial charge in [0.05, 0.1) is 5.75 Å². The predicted molar refractivity (Wildman–Crippen MR) is 85.0 cm³/mol. The number of anilines is 2. The highest BCUT2D eigenvalue weighted by molar-refractivity contribution is 7.92. The lowest BCUT2D eigenvalue weighted by Crippen LogP contribution is -2.14. The van der Waals surface area contributed by atoms with Crippen molar-refractivity contribution in [2.75, 3.05) is 15.8 Å². The van der Waals surface area contributed by atoms with Crippen LogP contribution in [0.2, 0.25) is 0 Å². The summed E-state index contributed by atoms with van der Waals surface area (Å²) in [6.45, 7) is 2.22. The molecule has 21 heavy (non-hydrogen) atoms. The second-order valence-corrected chi connectivity index (χ2v) is 6.61. The summed E-state index contributed by atoms with van der Waals surface area (Å²) >= 11 is 0. The first-order valence-electron chi connectivity index (χ1n) is 6.61. The summed E-state index contributed by atoms with van der Waals surface area (Å²) in [5, 5.41) is 12.4. The van der Waals surface area contributed by atoms with Gasteiger partial charge in [0, 0.05) is 17.9 Å². The highest BCUT2D eigenvalue weighted by Gasteiger charge is 2.06. The van der Waals surface area contributed by atoms with Crippen LogP contribution in [0.25, 0.3) is 0 Å². The Bertz CT molecular complexity index is 680. The van der Waals surface area contributed by atoms with E-state index in [1.807, 2.05) is 24.3 Å². The molecule has 0 radical (unpaired) electrons. The molecule has 112 valence electrons. The lowest BCUT2D eigenvalue weighted by Gasteiger charge is -2.09. The molecule has 0 aliphatic carbocycles. The fraction of sp³-hybridized carbons (Fsp3) is 0.200. The van der Waals surface area contributed by atoms with Crippen LogP contribution in [0.5, 0.6) is 5.75 Å². The van der Waals surface area contributed by atoms with Crippen LogP contribution >= 0.6 is 0 Å². The summed E-state index contributed by atoms with van der Waals surface area (Å²) < 4.78 is 25.4. The molecule has 0 saturated heterocycles. The lowest BCUT2D eigenvalue weighted by molar-refractivity contribution is 0.475. The Hall–Kier alpha value is -2.21. The van der Waals surface area contributed by atoms with Crippen LogP contribution in [0, 0.1) is 0 Å². The highest BCUT2D eigenvalue weighted by Crippen LogP contribution is 2.16. The minimum atomic E-state index is -3.24. The number of hydrogen-bond donors (Lipinski definition) is 3. The molecular weight excluding hydrogens is 288 g/mol. The van der Waals surface area contributed by atoms with E-state index >= 15 is 0 Å². The van der Waals surface area contributed by atoms with E-state index in [0.29, 0.717) is 12.2 Å². The van der Waals surface area contributed by atoms with Crippen molar-refractivity contribution < 1.29 is 13.5 Å². The molecule has 0 unspecified atom stereocenters. The molecule has 0 heterocycles. The van der Waals surface area contributed by atoms with Gasteiger partial charge in [0.15, 0.2) is 0 Å². The van der Waals surface area contributed by atoms with Crippen molar-refractivity contribution in [3.8, 4) is 5.75 Å². The number of benzene rings is 2. The quantitative estimate of drug-likeness (QED) is 0.767. The van der Waals surface area contributed by atoms with E-state index in [2.05, 4.69) is 10.0 Å². The number of aromatic hydroxyl groups is 1. The molecule has 0 aliphatic rings. The van der Waals surface area contributed by atoms with Gasteiger partial charge in [-0.2, -0.15) is 0 Å². The van der Waals surface area contributed by atoms with Crippen molar-refractivity contribution in [3.63, 3.8) is 0 Å². The largest absolute Gasteiger partial charge is 0.508 e. The molecule has 0 bridgehead atoms. The number of nitrogens with one attached hydrogen (secondary N) is 2. The van der Waals surface area contributed by atoms with E-state index < -0.39 is 10.0 Å². The fourth-order valence-electron chi connectivity index (χ4n) is 1.73. The van der Waals surface area contributed by atoms with E-state index in [0.717, 1.165) is 11.3 Å². The van der Waals surface area contributed by atoms with Crippen molar-refractivity contribution in [2.24, 2.45) is 0 Å². The van der Waals surface area contributed by atoms with Gasteiger partial charge in [0.1, 0.15) is 5.75 Å². The molecule has 5 nitrogen and oxygen atoms in total. The van der Waals surface area contributed by atoms with Gasteiger partial charge in [0.2, 0.25) is 10.0 Å². The van der Waals surface area contributed by atoms with Crippen molar-refractivity contribution in [3.05, 3.63) is 54.1 Å². The topological polar surface area (TPSA) is 78.4 Å². The summed E-state index contributed by atoms with van der Waals surface area (Å²) in [5.41, 5.74) is 2.48. The summed E-state index contributed by atoms with van der Waals surface area (Å²) in [5.74, 6) is 0.291. The molecule has 0 aromatic heterocycles. The Morgan fingerprint density at radius 3 is 2.10 bits per heavy atom. The Morgan fingerprint density at radius 1 is 0.952 bits per heavy atom. The summed E-state index contributed by atoms with van der Waals surface area (Å²) in [7, 11) is -3.24. The summed E-state index contributed by atoms with van der Waals surface area (Å²) in [6, 6.07) is 14.0. The first kappa shape index (κ1) is 15.2. The highest BCUT2D eigenvalue weighted by atomic mass is 32.2. The van der Waals surface area contributed by atoms with Crippen molar-refractivity contribution in [2.45, 2.75) is 13.5 Å². The summed E-state index contributed by atoms with van der Waals surface area (Å²) in [6.07, 6.45) is 0. The van der Waals surface area contributed by atoms with Crippen LogP contribution in [0.3, 0.4) is 0 Å². The SMILES string of the molecule is CCS(=O)(=O)Nc1ccc(NCc2ccc(O)cc2)cc1. The average Bonchev–Trinajstić information content (AvgIpc) is 2.48. The molecule has 3 N–H and O–H groups in total. The predicted octanol–water partition coefficient (Wildman–Crippen LogP) is 2.77. The molecule has 0 aliphatic heterocycles. The van der Waals surface area contributed by atoms with Gasteiger partial charge in [-0.05, 0) is 48.9 Å². The fourth-order valence-corrected chi connectivity index (χ4v) is 2.37. The Morgan fingerprint density at radius 2 is 1.52 bits per heavy atom. The standard InChI is InChI=1S/C15H18N2O3S/c1-2-21(19,20)17-14-7-5-13(6-8-14)16-11-12-3-9-15(18)10-4-12/h3-10,16-18H,2,11H2,1H3. The number of phenolic OH excluding ortho intramolecular Hbond substituents is 1. The second-order valence-electron chi connectivity index (χ2n) is 4.60. The minimum absolute atomic E-state index is 0.0495. The van der Waals surface area contributed by atoms with Crippen molar-refractivity contribution in [1.82, 2.24) is 0 Å². The first-order valence-corrected chi connectivity index (χ1v) is 8.26. The molecule has 2 aromatic rings. The molecule has 0 fully saturated rings. The van der Waals surface area contributed by atoms with Gasteiger partial charge >= 0.3 is 0 Å². The number of phenols is 1. The van der Waals surface area contributed by atoms with Crippen molar-refractivity contribution >= 4 is 21.4 Å². The zero-order chi connectivity index (χ0) is 15.3. The van der Waals surface area contributed by atoms with Crippen LogP contribution in [0.4, 0.5) is 11.4 Å². The molecule has 6 heteroatoms. The van der Waals surface area contributed by atoms with Crippen LogP contribution in [-0.4, -0.2) is 19.3 Å². The van der Waals surface area contributed by atoms with Crippen LogP contribution in [0.15, 0.2) is 48.5 Å². The molecule has 0 saturated carbocycles. The van der Waals surface area contributed by atoms with Crippen molar-refractivity contribution in [1.29, 1.82) is 0 Å². The third kappa shape index (κ3) is 4.68. The molecule has 0 spiro atoms. The van der Waals surface area contributed by atoms with Gasteiger partial charge < -0.3 is 10.4 Å². The Kier molecular flexibility index (Phi) is 4.70. The van der Waals surface area contributed by atoms with E-state index in [9.17, 15) is 13.5 Å². The average molecular weight is 306 g/mol. The third-order valence-electron chi connectivity index (χ3n) is 2.97. The number of sulfonamides is 1. The number of rotatable bonds is 6. The maximum atomic E-state index is 11.4. The minimum Gasteiger partial charge on any atom is -0.508 e. The van der Waals surface area contributed by atoms with Gasteiger partial charge in [-0.3, -0.25) is 4.72 Å². The first-order chi connectivity index (χ1) is 9.98. The van der Waals surface area contributed by atoms with E-state index in [1.54, 1.807) is 31.2 Å². The molecule has 0 amide bonds. The molecule has 2 rings (SSSR count). The molecule has 0 atom stereocenters. The van der Waals surface area contributed by atoms with Crippen LogP contribution in [0.1, 0.15) is 12.5 Å². The molecule has 2 aromatic carbocycles. The smallest absolute Gasteiger partial charge is 0.232 e. The maximum Gasteiger partial charge on any atom is 0.232 e. The van der Waals surface area contributed by atoms with Gasteiger partial charge in [0.25, 0.3) is 0 Å². The summed E-state index contributed by atoms with van der Waals surface area (Å²) in [4.78, 5) is 0. The van der Waals surface area contributed by atoms with Gasteiger partial charge in [-0.1, -0.05) is 12.1 Å². The lowest BCUT2D eigenvalue weighted by atomic mass is 10.2. The van der Waals surface area contributed by atoms with Gasteiger partial charge in [-0.15, -0.1) is 0 Å². The van der Waals surface area contributed by atoms with Crippen LogP contribution in [-0.2, 0) is 16.6 Å². The van der Waals surface area contributed by atoms with Gasteiger partial charge in [-0.25, -0.2) is 8.42 Å². The Labute approximate surface area is 124 Å². The second kappa shape index (κ2) is 6.49. The zero-order valence-corrected chi connectivity index (χ0v) is 12.5. The monoisotopic (exact) mass is 306 g/mol. The third-order valence-corrected chi connectivity index (χ3v) is 4.28. The zero-order valence-electron chi connectivity index (χ0n) is 11.7. The van der Waals surface area contributed by atoms with E-state index in [4.69, 9.17) is 0 Å². The maximum absolute atomic E-state index is 11.4. The molecular formula is C15H18N2O3S. The van der Waals surface area contributed by atoms with E-state index in [-0.39, 0.29) is 11.5 Å². The van der Waals surface area contributed by atoms with E-state index in [1.165, 1.54) is 0 Å². The number of hydrogen-bond acceptors (Lipinski definition) is 4. The Balaban J connectivity index is 1.95. The van der Waals surface area contributed by atoms with Crippen LogP contribution < -0.4 is 10.0 Å².